The van der Waals surface area contributed by atoms with E-state index in [0.717, 1.165) is 0 Å². The van der Waals surface area contributed by atoms with Crippen LogP contribution in [0.1, 0.15) is 11.6 Å². The fourth-order valence-electron chi connectivity index (χ4n) is 1.35. The lowest BCUT2D eigenvalue weighted by Crippen LogP contribution is -2.45. The van der Waals surface area contributed by atoms with Crippen molar-refractivity contribution in [1.82, 2.24) is 0 Å². The number of benzene rings is 1. The summed E-state index contributed by atoms with van der Waals surface area (Å²) in [4.78, 5) is 0. The summed E-state index contributed by atoms with van der Waals surface area (Å²) < 4.78 is 102. The molecule has 0 aliphatic carbocycles. The second-order valence-corrected chi connectivity index (χ2v) is 3.87. The second kappa shape index (κ2) is 6.32. The number of hydrogen-bond donors (Lipinski definition) is 2. The predicted octanol–water partition coefficient (Wildman–Crippen LogP) is 3.91. The third-order valence-corrected chi connectivity index (χ3v) is 2.34. The molecule has 3 N–H and O–H groups in total. The van der Waals surface area contributed by atoms with Crippen LogP contribution in [0, 0.1) is 0 Å². The van der Waals surface area contributed by atoms with Crippen molar-refractivity contribution >= 4 is 12.4 Å². The van der Waals surface area contributed by atoms with Crippen molar-refractivity contribution in [3.05, 3.63) is 23.8 Å². The highest BCUT2D eigenvalue weighted by Crippen LogP contribution is 2.45. The van der Waals surface area contributed by atoms with Crippen LogP contribution in [0.5, 0.6) is 11.5 Å². The minimum absolute atomic E-state index is 0. The van der Waals surface area contributed by atoms with Gasteiger partial charge in [-0.3, -0.25) is 0 Å². The maximum Gasteiger partial charge on any atom is 0.573 e. The van der Waals surface area contributed by atoms with Crippen molar-refractivity contribution < 1.29 is 45.0 Å². The van der Waals surface area contributed by atoms with Gasteiger partial charge in [0.15, 0.2) is 0 Å². The largest absolute Gasteiger partial charge is 0.573 e. The summed E-state index contributed by atoms with van der Waals surface area (Å²) >= 11 is 0. The maximum atomic E-state index is 13.0. The molecule has 0 amide bonds. The SMILES string of the molecule is Cl.N[C@@H](c1cc(OC(F)(F)F)ccc1O)C(F)(F)C(F)(F)F. The van der Waals surface area contributed by atoms with E-state index in [1.807, 2.05) is 0 Å². The first-order chi connectivity index (χ1) is 9.25. The van der Waals surface area contributed by atoms with Crippen molar-refractivity contribution in [3.63, 3.8) is 0 Å². The number of phenolic OH excluding ortho intramolecular Hbond substituents is 1. The smallest absolute Gasteiger partial charge is 0.508 e. The predicted molar refractivity (Wildman–Crippen MR) is 60.0 cm³/mol. The molecule has 0 saturated carbocycles. The molecule has 0 aliphatic heterocycles. The summed E-state index contributed by atoms with van der Waals surface area (Å²) in [5.74, 6) is -7.67. The zero-order valence-electron chi connectivity index (χ0n) is 10.2. The summed E-state index contributed by atoms with van der Waals surface area (Å²) in [6.45, 7) is 0. The Balaban J connectivity index is 0.00000441. The van der Waals surface area contributed by atoms with Crippen LogP contribution in [0.4, 0.5) is 35.1 Å². The Morgan fingerprint density at radius 3 is 1.91 bits per heavy atom. The summed E-state index contributed by atoms with van der Waals surface area (Å²) in [5, 5.41) is 9.22. The average molecular weight is 362 g/mol. The molecular formula is C10H8ClF8NO2. The van der Waals surface area contributed by atoms with Crippen molar-refractivity contribution in [2.75, 3.05) is 0 Å². The number of aromatic hydroxyl groups is 1. The zero-order chi connectivity index (χ0) is 16.6. The second-order valence-electron chi connectivity index (χ2n) is 3.87. The number of halogens is 9. The molecule has 0 aromatic heterocycles. The molecule has 0 unspecified atom stereocenters. The minimum Gasteiger partial charge on any atom is -0.508 e. The van der Waals surface area contributed by atoms with Crippen LogP contribution < -0.4 is 10.5 Å². The topological polar surface area (TPSA) is 55.5 Å². The van der Waals surface area contributed by atoms with E-state index in [0.29, 0.717) is 12.1 Å². The van der Waals surface area contributed by atoms with Gasteiger partial charge in [0.2, 0.25) is 0 Å². The van der Waals surface area contributed by atoms with E-state index >= 15 is 0 Å². The molecule has 0 spiro atoms. The third-order valence-electron chi connectivity index (χ3n) is 2.34. The number of hydrogen-bond acceptors (Lipinski definition) is 3. The average Bonchev–Trinajstić information content (AvgIpc) is 2.27. The quantitative estimate of drug-likeness (QED) is 0.803. The summed E-state index contributed by atoms with van der Waals surface area (Å²) in [7, 11) is 0. The van der Waals surface area contributed by atoms with Crippen LogP contribution >= 0.6 is 12.4 Å². The van der Waals surface area contributed by atoms with Crippen LogP contribution in [-0.2, 0) is 0 Å². The number of phenols is 1. The molecule has 0 heterocycles. The van der Waals surface area contributed by atoms with Crippen LogP contribution in [0.2, 0.25) is 0 Å². The molecule has 0 bridgehead atoms. The zero-order valence-corrected chi connectivity index (χ0v) is 11.0. The number of ether oxygens (including phenoxy) is 1. The van der Waals surface area contributed by atoms with Crippen LogP contribution in [0.25, 0.3) is 0 Å². The first kappa shape index (κ1) is 20.5. The van der Waals surface area contributed by atoms with E-state index in [2.05, 4.69) is 4.74 Å². The number of nitrogens with two attached hydrogens (primary N) is 1. The molecule has 0 fully saturated rings. The molecule has 1 aromatic rings. The molecule has 128 valence electrons. The summed E-state index contributed by atoms with van der Waals surface area (Å²) in [6.07, 6.45) is -11.2. The molecule has 0 saturated heterocycles. The van der Waals surface area contributed by atoms with Gasteiger partial charge in [-0.05, 0) is 18.2 Å². The molecule has 12 heteroatoms. The molecule has 22 heavy (non-hydrogen) atoms. The van der Waals surface area contributed by atoms with Crippen LogP contribution in [0.3, 0.4) is 0 Å². The van der Waals surface area contributed by atoms with Gasteiger partial charge in [0.05, 0.1) is 0 Å². The lowest BCUT2D eigenvalue weighted by atomic mass is 9.99. The molecule has 1 rings (SSSR count). The van der Waals surface area contributed by atoms with E-state index in [9.17, 15) is 40.2 Å². The number of rotatable bonds is 3. The normalized spacial score (nSPS) is 14.2. The summed E-state index contributed by atoms with van der Waals surface area (Å²) in [6, 6.07) is -1.95. The van der Waals surface area contributed by atoms with E-state index in [1.165, 1.54) is 0 Å². The van der Waals surface area contributed by atoms with Gasteiger partial charge in [0, 0.05) is 5.56 Å². The highest BCUT2D eigenvalue weighted by Gasteiger charge is 2.62. The molecule has 0 aliphatic rings. The monoisotopic (exact) mass is 361 g/mol. The Morgan fingerprint density at radius 2 is 1.50 bits per heavy atom. The van der Waals surface area contributed by atoms with Gasteiger partial charge in [-0.15, -0.1) is 25.6 Å². The molecule has 1 aromatic carbocycles. The van der Waals surface area contributed by atoms with Gasteiger partial charge in [-0.2, -0.15) is 22.0 Å². The highest BCUT2D eigenvalue weighted by molar-refractivity contribution is 5.85. The Labute approximate surface area is 124 Å². The van der Waals surface area contributed by atoms with Gasteiger partial charge in [-0.1, -0.05) is 0 Å². The first-order valence-electron chi connectivity index (χ1n) is 5.04. The van der Waals surface area contributed by atoms with Gasteiger partial charge in [0.1, 0.15) is 17.5 Å². The molecule has 1 atom stereocenters. The maximum absolute atomic E-state index is 13.0. The lowest BCUT2D eigenvalue weighted by Gasteiger charge is -2.26. The van der Waals surface area contributed by atoms with Gasteiger partial charge in [-0.25, -0.2) is 0 Å². The van der Waals surface area contributed by atoms with Crippen molar-refractivity contribution in [2.45, 2.75) is 24.5 Å². The van der Waals surface area contributed by atoms with Crippen LogP contribution in [-0.4, -0.2) is 23.6 Å². The number of alkyl halides is 8. The van der Waals surface area contributed by atoms with E-state index < -0.39 is 41.6 Å². The van der Waals surface area contributed by atoms with Gasteiger partial charge < -0.3 is 15.6 Å². The first-order valence-corrected chi connectivity index (χ1v) is 5.04. The van der Waals surface area contributed by atoms with Gasteiger partial charge >= 0.3 is 18.5 Å². The minimum atomic E-state index is -6.04. The van der Waals surface area contributed by atoms with E-state index in [1.54, 1.807) is 0 Å². The van der Waals surface area contributed by atoms with Crippen molar-refractivity contribution in [1.29, 1.82) is 0 Å². The standard InChI is InChI=1S/C10H7F8NO2.ClH/c11-8(12,9(13,14)15)7(19)5-3-4(1-2-6(5)20)21-10(16,17)18;/h1-3,7,20H,19H2;1H/t7-;/m0./s1. The van der Waals surface area contributed by atoms with Crippen LogP contribution in [0.15, 0.2) is 18.2 Å². The Bertz CT molecular complexity index is 517. The molecule has 3 nitrogen and oxygen atoms in total. The van der Waals surface area contributed by atoms with Crippen molar-refractivity contribution in [2.24, 2.45) is 5.73 Å². The van der Waals surface area contributed by atoms with Gasteiger partial charge in [0.25, 0.3) is 0 Å². The Morgan fingerprint density at radius 1 is 1.00 bits per heavy atom. The molecular weight excluding hydrogens is 354 g/mol. The molecule has 0 radical (unpaired) electrons. The lowest BCUT2D eigenvalue weighted by molar-refractivity contribution is -0.291. The van der Waals surface area contributed by atoms with E-state index in [-0.39, 0.29) is 18.5 Å². The summed E-state index contributed by atoms with van der Waals surface area (Å²) in [5.41, 5.74) is 3.49. The highest BCUT2D eigenvalue weighted by atomic mass is 35.5. The fraction of sp³-hybridized carbons (Fsp3) is 0.400. The fourth-order valence-corrected chi connectivity index (χ4v) is 1.35. The third kappa shape index (κ3) is 4.50. The van der Waals surface area contributed by atoms with E-state index in [4.69, 9.17) is 5.73 Å². The van der Waals surface area contributed by atoms with Crippen molar-refractivity contribution in [3.8, 4) is 11.5 Å². The Kier molecular flexibility index (Phi) is 5.90. The Hall–Kier alpha value is -1.49.